The Balaban J connectivity index is 2.40. The standard InChI is InChI=1S/C13H16BrNO3/c1-17-9-7-10(12(18-2)11(14)8-9)13(16)15-5-3-4-6-15/h7-8H,3-6H2,1-2H3. The number of benzene rings is 1. The van der Waals surface area contributed by atoms with Crippen LogP contribution in [0.4, 0.5) is 0 Å². The van der Waals surface area contributed by atoms with Gasteiger partial charge in [-0.05, 0) is 40.9 Å². The molecule has 1 aromatic carbocycles. The summed E-state index contributed by atoms with van der Waals surface area (Å²) in [5.74, 6) is 1.21. The second-order valence-corrected chi connectivity index (χ2v) is 5.04. The number of ether oxygens (including phenoxy) is 2. The molecule has 1 saturated heterocycles. The van der Waals surface area contributed by atoms with E-state index in [4.69, 9.17) is 9.47 Å². The maximum atomic E-state index is 12.4. The van der Waals surface area contributed by atoms with E-state index in [0.717, 1.165) is 30.4 Å². The van der Waals surface area contributed by atoms with Crippen molar-refractivity contribution in [2.24, 2.45) is 0 Å². The molecule has 0 atom stereocenters. The smallest absolute Gasteiger partial charge is 0.257 e. The van der Waals surface area contributed by atoms with Crippen LogP contribution in [0.3, 0.4) is 0 Å². The molecule has 0 unspecified atom stereocenters. The molecule has 5 heteroatoms. The lowest BCUT2D eigenvalue weighted by molar-refractivity contribution is 0.0789. The molecule has 4 nitrogen and oxygen atoms in total. The van der Waals surface area contributed by atoms with Crippen molar-refractivity contribution < 1.29 is 14.3 Å². The average molecular weight is 314 g/mol. The number of nitrogens with zero attached hydrogens (tertiary/aromatic N) is 1. The van der Waals surface area contributed by atoms with Gasteiger partial charge in [-0.1, -0.05) is 0 Å². The van der Waals surface area contributed by atoms with Crippen LogP contribution in [0, 0.1) is 0 Å². The quantitative estimate of drug-likeness (QED) is 0.861. The maximum absolute atomic E-state index is 12.4. The van der Waals surface area contributed by atoms with Gasteiger partial charge in [0.1, 0.15) is 11.5 Å². The molecule has 18 heavy (non-hydrogen) atoms. The molecule has 1 aliphatic heterocycles. The minimum Gasteiger partial charge on any atom is -0.497 e. The first kappa shape index (κ1) is 13.2. The van der Waals surface area contributed by atoms with Crippen LogP contribution in [-0.4, -0.2) is 38.1 Å². The maximum Gasteiger partial charge on any atom is 0.257 e. The first-order valence-corrected chi connectivity index (χ1v) is 6.67. The fourth-order valence-corrected chi connectivity index (χ4v) is 2.74. The third kappa shape index (κ3) is 2.46. The number of hydrogen-bond acceptors (Lipinski definition) is 3. The lowest BCUT2D eigenvalue weighted by Gasteiger charge is -2.18. The number of likely N-dealkylation sites (tertiary alicyclic amines) is 1. The van der Waals surface area contributed by atoms with Crippen molar-refractivity contribution in [2.75, 3.05) is 27.3 Å². The minimum atomic E-state index is 0.00366. The normalized spacial score (nSPS) is 14.7. The Bertz CT molecular complexity index is 456. The predicted octanol–water partition coefficient (Wildman–Crippen LogP) is 2.70. The molecule has 1 fully saturated rings. The molecule has 0 spiro atoms. The number of carbonyl (C=O) groups excluding carboxylic acids is 1. The van der Waals surface area contributed by atoms with E-state index < -0.39 is 0 Å². The van der Waals surface area contributed by atoms with Crippen molar-refractivity contribution in [2.45, 2.75) is 12.8 Å². The first-order valence-electron chi connectivity index (χ1n) is 5.88. The first-order chi connectivity index (χ1) is 8.67. The van der Waals surface area contributed by atoms with Crippen LogP contribution in [0.2, 0.25) is 0 Å². The SMILES string of the molecule is COc1cc(Br)c(OC)c(C(=O)N2CCCC2)c1. The van der Waals surface area contributed by atoms with Crippen LogP contribution in [-0.2, 0) is 0 Å². The third-order valence-electron chi connectivity index (χ3n) is 3.08. The Kier molecular flexibility index (Phi) is 4.11. The van der Waals surface area contributed by atoms with Gasteiger partial charge in [0.2, 0.25) is 0 Å². The van der Waals surface area contributed by atoms with E-state index >= 15 is 0 Å². The Hall–Kier alpha value is -1.23. The summed E-state index contributed by atoms with van der Waals surface area (Å²) >= 11 is 3.40. The second kappa shape index (κ2) is 5.61. The van der Waals surface area contributed by atoms with E-state index in [1.165, 1.54) is 0 Å². The molecule has 1 aromatic rings. The number of hydrogen-bond donors (Lipinski definition) is 0. The van der Waals surface area contributed by atoms with E-state index in [9.17, 15) is 4.79 Å². The summed E-state index contributed by atoms with van der Waals surface area (Å²) in [6.07, 6.45) is 2.14. The van der Waals surface area contributed by atoms with E-state index in [-0.39, 0.29) is 5.91 Å². The summed E-state index contributed by atoms with van der Waals surface area (Å²) in [6.45, 7) is 1.63. The highest BCUT2D eigenvalue weighted by atomic mass is 79.9. The van der Waals surface area contributed by atoms with E-state index in [1.807, 2.05) is 4.90 Å². The van der Waals surface area contributed by atoms with Crippen LogP contribution in [0.5, 0.6) is 11.5 Å². The van der Waals surface area contributed by atoms with Crippen LogP contribution in [0.15, 0.2) is 16.6 Å². The molecule has 0 saturated carbocycles. The van der Waals surface area contributed by atoms with Crippen molar-refractivity contribution in [1.29, 1.82) is 0 Å². The van der Waals surface area contributed by atoms with Crippen molar-refractivity contribution in [3.05, 3.63) is 22.2 Å². The Morgan fingerprint density at radius 3 is 2.44 bits per heavy atom. The number of amides is 1. The molecule has 0 aromatic heterocycles. The van der Waals surface area contributed by atoms with Gasteiger partial charge < -0.3 is 14.4 Å². The molecule has 0 bridgehead atoms. The van der Waals surface area contributed by atoms with Crippen molar-refractivity contribution in [3.8, 4) is 11.5 Å². The van der Waals surface area contributed by atoms with Crippen molar-refractivity contribution >= 4 is 21.8 Å². The van der Waals surface area contributed by atoms with Gasteiger partial charge in [0, 0.05) is 13.1 Å². The van der Waals surface area contributed by atoms with Crippen LogP contribution in [0.1, 0.15) is 23.2 Å². The zero-order valence-corrected chi connectivity index (χ0v) is 12.1. The highest BCUT2D eigenvalue weighted by Gasteiger charge is 2.24. The summed E-state index contributed by atoms with van der Waals surface area (Å²) in [5.41, 5.74) is 0.547. The van der Waals surface area contributed by atoms with E-state index in [1.54, 1.807) is 26.4 Å². The zero-order valence-electron chi connectivity index (χ0n) is 10.5. The summed E-state index contributed by atoms with van der Waals surface area (Å²) in [4.78, 5) is 14.3. The fraction of sp³-hybridized carbons (Fsp3) is 0.462. The third-order valence-corrected chi connectivity index (χ3v) is 3.67. The fourth-order valence-electron chi connectivity index (χ4n) is 2.14. The van der Waals surface area contributed by atoms with Gasteiger partial charge >= 0.3 is 0 Å². The van der Waals surface area contributed by atoms with Crippen LogP contribution in [0.25, 0.3) is 0 Å². The topological polar surface area (TPSA) is 38.8 Å². The highest BCUT2D eigenvalue weighted by molar-refractivity contribution is 9.10. The van der Waals surface area contributed by atoms with Gasteiger partial charge in [0.05, 0.1) is 24.3 Å². The lowest BCUT2D eigenvalue weighted by atomic mass is 10.1. The second-order valence-electron chi connectivity index (χ2n) is 4.19. The van der Waals surface area contributed by atoms with E-state index in [0.29, 0.717) is 17.1 Å². The van der Waals surface area contributed by atoms with Crippen molar-refractivity contribution in [1.82, 2.24) is 4.90 Å². The predicted molar refractivity (Wildman–Crippen MR) is 72.4 cm³/mol. The van der Waals surface area contributed by atoms with Gasteiger partial charge in [0.25, 0.3) is 5.91 Å². The number of rotatable bonds is 3. The molecular formula is C13H16BrNO3. The molecule has 0 aliphatic carbocycles. The molecule has 1 heterocycles. The molecular weight excluding hydrogens is 298 g/mol. The van der Waals surface area contributed by atoms with Gasteiger partial charge in [-0.2, -0.15) is 0 Å². The Morgan fingerprint density at radius 2 is 1.89 bits per heavy atom. The minimum absolute atomic E-state index is 0.00366. The number of carbonyl (C=O) groups is 1. The van der Waals surface area contributed by atoms with E-state index in [2.05, 4.69) is 15.9 Å². The van der Waals surface area contributed by atoms with Crippen molar-refractivity contribution in [3.63, 3.8) is 0 Å². The van der Waals surface area contributed by atoms with Crippen LogP contribution < -0.4 is 9.47 Å². The molecule has 1 aliphatic rings. The largest absolute Gasteiger partial charge is 0.497 e. The van der Waals surface area contributed by atoms with Gasteiger partial charge in [-0.3, -0.25) is 4.79 Å². The zero-order chi connectivity index (χ0) is 13.1. The Morgan fingerprint density at radius 1 is 1.22 bits per heavy atom. The molecule has 0 radical (unpaired) electrons. The average Bonchev–Trinajstić information content (AvgIpc) is 2.90. The lowest BCUT2D eigenvalue weighted by Crippen LogP contribution is -2.28. The highest BCUT2D eigenvalue weighted by Crippen LogP contribution is 2.34. The summed E-state index contributed by atoms with van der Waals surface area (Å²) in [5, 5.41) is 0. The molecule has 98 valence electrons. The molecule has 2 rings (SSSR count). The summed E-state index contributed by atoms with van der Waals surface area (Å²) in [6, 6.07) is 3.52. The summed E-state index contributed by atoms with van der Waals surface area (Å²) in [7, 11) is 3.14. The Labute approximate surface area is 115 Å². The number of methoxy groups -OCH3 is 2. The van der Waals surface area contributed by atoms with Gasteiger partial charge in [0.15, 0.2) is 0 Å². The molecule has 0 N–H and O–H groups in total. The summed E-state index contributed by atoms with van der Waals surface area (Å²) < 4.78 is 11.2. The van der Waals surface area contributed by atoms with Gasteiger partial charge in [-0.15, -0.1) is 0 Å². The molecule has 1 amide bonds. The number of halogens is 1. The monoisotopic (exact) mass is 313 g/mol. The van der Waals surface area contributed by atoms with Crippen LogP contribution >= 0.6 is 15.9 Å². The van der Waals surface area contributed by atoms with Gasteiger partial charge in [-0.25, -0.2) is 0 Å².